The zero-order chi connectivity index (χ0) is 15.4. The second kappa shape index (κ2) is 6.54. The summed E-state index contributed by atoms with van der Waals surface area (Å²) in [6.45, 7) is 2.94. The maximum atomic E-state index is 12.5. The Morgan fingerprint density at radius 3 is 2.55 bits per heavy atom. The van der Waals surface area contributed by atoms with Crippen molar-refractivity contribution in [3.05, 3.63) is 24.3 Å². The first kappa shape index (κ1) is 15.1. The molecule has 0 aliphatic carbocycles. The van der Waals surface area contributed by atoms with Crippen molar-refractivity contribution in [2.75, 3.05) is 46.7 Å². The molecule has 0 aromatic heterocycles. The molecule has 0 saturated carbocycles. The van der Waals surface area contributed by atoms with Gasteiger partial charge in [-0.1, -0.05) is 0 Å². The average Bonchev–Trinajstić information content (AvgIpc) is 3.02. The molecule has 2 aliphatic heterocycles. The molecule has 1 atom stereocenters. The van der Waals surface area contributed by atoms with E-state index in [1.165, 1.54) is 0 Å². The van der Waals surface area contributed by atoms with Crippen LogP contribution in [0.4, 0.5) is 0 Å². The fourth-order valence-electron chi connectivity index (χ4n) is 2.94. The molecule has 2 aliphatic rings. The van der Waals surface area contributed by atoms with Gasteiger partial charge in [-0.15, -0.1) is 0 Å². The average molecular weight is 307 g/mol. The predicted octanol–water partition coefficient (Wildman–Crippen LogP) is 1.09. The second-order valence-electron chi connectivity index (χ2n) is 5.59. The third-order valence-electron chi connectivity index (χ3n) is 4.21. The minimum Gasteiger partial charge on any atom is -0.497 e. The van der Waals surface area contributed by atoms with Crippen LogP contribution in [0.2, 0.25) is 0 Å². The van der Waals surface area contributed by atoms with Gasteiger partial charge >= 0.3 is 0 Å². The quantitative estimate of drug-likeness (QED) is 0.833. The van der Waals surface area contributed by atoms with Crippen molar-refractivity contribution in [1.29, 1.82) is 0 Å². The summed E-state index contributed by atoms with van der Waals surface area (Å²) >= 11 is 0. The van der Waals surface area contributed by atoms with E-state index in [-0.39, 0.29) is 18.1 Å². The first-order valence-electron chi connectivity index (χ1n) is 7.46. The molecule has 3 rings (SSSR count). The Labute approximate surface area is 129 Å². The minimum atomic E-state index is -0.307. The van der Waals surface area contributed by atoms with Crippen LogP contribution in [-0.4, -0.2) is 63.0 Å². The molecule has 2 heterocycles. The van der Waals surface area contributed by atoms with E-state index >= 15 is 0 Å². The van der Waals surface area contributed by atoms with Gasteiger partial charge < -0.3 is 23.8 Å². The summed E-state index contributed by atoms with van der Waals surface area (Å²) in [5.74, 6) is 1.39. The Morgan fingerprint density at radius 2 is 1.86 bits per heavy atom. The molecule has 1 aromatic carbocycles. The molecule has 1 spiro atoms. The molecule has 2 saturated heterocycles. The van der Waals surface area contributed by atoms with E-state index in [4.69, 9.17) is 18.9 Å². The first-order chi connectivity index (χ1) is 10.7. The number of nitrogens with zero attached hydrogens (tertiary/aromatic N) is 1. The fraction of sp³-hybridized carbons (Fsp3) is 0.562. The van der Waals surface area contributed by atoms with Crippen molar-refractivity contribution >= 4 is 5.91 Å². The summed E-state index contributed by atoms with van der Waals surface area (Å²) in [7, 11) is 1.61. The lowest BCUT2D eigenvalue weighted by Crippen LogP contribution is -2.60. The minimum absolute atomic E-state index is 0.0219. The zero-order valence-corrected chi connectivity index (χ0v) is 12.7. The maximum absolute atomic E-state index is 12.5. The number of benzene rings is 1. The Bertz CT molecular complexity index is 510. The van der Waals surface area contributed by atoms with Gasteiger partial charge in [0.25, 0.3) is 5.91 Å². The van der Waals surface area contributed by atoms with Gasteiger partial charge in [-0.3, -0.25) is 4.79 Å². The molecule has 1 unspecified atom stereocenters. The van der Waals surface area contributed by atoms with E-state index in [1.54, 1.807) is 31.4 Å². The van der Waals surface area contributed by atoms with E-state index in [2.05, 4.69) is 0 Å². The van der Waals surface area contributed by atoms with Crippen molar-refractivity contribution < 1.29 is 23.7 Å². The van der Waals surface area contributed by atoms with Crippen LogP contribution >= 0.6 is 0 Å². The van der Waals surface area contributed by atoms with Crippen LogP contribution in [-0.2, 0) is 14.3 Å². The summed E-state index contributed by atoms with van der Waals surface area (Å²) in [5.41, 5.74) is -0.307. The first-order valence-corrected chi connectivity index (χ1v) is 7.46. The van der Waals surface area contributed by atoms with Crippen molar-refractivity contribution in [2.24, 2.45) is 0 Å². The van der Waals surface area contributed by atoms with Gasteiger partial charge in [-0.25, -0.2) is 0 Å². The van der Waals surface area contributed by atoms with E-state index in [9.17, 15) is 4.79 Å². The fourth-order valence-corrected chi connectivity index (χ4v) is 2.94. The molecular weight excluding hydrogens is 286 g/mol. The molecule has 0 bridgehead atoms. The Kier molecular flexibility index (Phi) is 4.49. The van der Waals surface area contributed by atoms with Crippen molar-refractivity contribution in [3.8, 4) is 11.5 Å². The molecule has 1 aromatic rings. The maximum Gasteiger partial charge on any atom is 0.261 e. The van der Waals surface area contributed by atoms with E-state index in [0.717, 1.165) is 12.2 Å². The van der Waals surface area contributed by atoms with Gasteiger partial charge in [0.05, 0.1) is 32.5 Å². The normalized spacial score (nSPS) is 24.5. The van der Waals surface area contributed by atoms with Gasteiger partial charge in [-0.2, -0.15) is 0 Å². The number of amides is 1. The highest BCUT2D eigenvalue weighted by atomic mass is 16.5. The Hall–Kier alpha value is -1.79. The van der Waals surface area contributed by atoms with Crippen LogP contribution in [0, 0.1) is 0 Å². The number of hydrogen-bond acceptors (Lipinski definition) is 5. The molecule has 120 valence electrons. The highest BCUT2D eigenvalue weighted by molar-refractivity contribution is 5.79. The molecular formula is C16H21NO5. The van der Waals surface area contributed by atoms with E-state index in [1.807, 2.05) is 4.90 Å². The van der Waals surface area contributed by atoms with Crippen LogP contribution in [0.25, 0.3) is 0 Å². The lowest BCUT2D eigenvalue weighted by atomic mass is 9.96. The van der Waals surface area contributed by atoms with E-state index < -0.39 is 0 Å². The summed E-state index contributed by atoms with van der Waals surface area (Å²) in [6.07, 6.45) is 0.821. The number of ether oxygens (including phenoxy) is 4. The third kappa shape index (κ3) is 3.03. The van der Waals surface area contributed by atoms with Crippen molar-refractivity contribution in [3.63, 3.8) is 0 Å². The summed E-state index contributed by atoms with van der Waals surface area (Å²) in [5, 5.41) is 0. The molecule has 6 nitrogen and oxygen atoms in total. The topological polar surface area (TPSA) is 57.2 Å². The van der Waals surface area contributed by atoms with Crippen molar-refractivity contribution in [1.82, 2.24) is 4.90 Å². The standard InChI is InChI=1S/C16H21NO5/c1-19-13-2-4-14(5-3-13)22-10-15(18)17-7-9-21-12-16(17)6-8-20-11-16/h2-5H,6-12H2,1H3. The number of carbonyl (C=O) groups is 1. The Balaban J connectivity index is 1.60. The van der Waals surface area contributed by atoms with Crippen LogP contribution < -0.4 is 9.47 Å². The van der Waals surface area contributed by atoms with Crippen LogP contribution in [0.3, 0.4) is 0 Å². The smallest absolute Gasteiger partial charge is 0.261 e. The number of carbonyl (C=O) groups excluding carboxylic acids is 1. The van der Waals surface area contributed by atoms with Gasteiger partial charge in [0.2, 0.25) is 0 Å². The number of rotatable bonds is 4. The van der Waals surface area contributed by atoms with Crippen molar-refractivity contribution in [2.45, 2.75) is 12.0 Å². The molecule has 0 N–H and O–H groups in total. The summed E-state index contributed by atoms with van der Waals surface area (Å²) in [6, 6.07) is 7.20. The molecule has 2 fully saturated rings. The van der Waals surface area contributed by atoms with Crippen LogP contribution in [0.15, 0.2) is 24.3 Å². The summed E-state index contributed by atoms with van der Waals surface area (Å²) < 4.78 is 21.7. The molecule has 22 heavy (non-hydrogen) atoms. The highest BCUT2D eigenvalue weighted by Crippen LogP contribution is 2.29. The highest BCUT2D eigenvalue weighted by Gasteiger charge is 2.45. The van der Waals surface area contributed by atoms with Gasteiger partial charge in [0.15, 0.2) is 6.61 Å². The summed E-state index contributed by atoms with van der Waals surface area (Å²) in [4.78, 5) is 14.4. The third-order valence-corrected chi connectivity index (χ3v) is 4.21. The largest absolute Gasteiger partial charge is 0.497 e. The number of morpholine rings is 1. The number of hydrogen-bond donors (Lipinski definition) is 0. The second-order valence-corrected chi connectivity index (χ2v) is 5.59. The van der Waals surface area contributed by atoms with Crippen LogP contribution in [0.5, 0.6) is 11.5 Å². The molecule has 6 heteroatoms. The number of methoxy groups -OCH3 is 1. The molecule has 0 radical (unpaired) electrons. The zero-order valence-electron chi connectivity index (χ0n) is 12.7. The monoisotopic (exact) mass is 307 g/mol. The molecule has 1 amide bonds. The predicted molar refractivity (Wildman–Crippen MR) is 79.2 cm³/mol. The lowest BCUT2D eigenvalue weighted by Gasteiger charge is -2.43. The SMILES string of the molecule is COc1ccc(OCC(=O)N2CCOCC23CCOC3)cc1. The van der Waals surface area contributed by atoms with Gasteiger partial charge in [0.1, 0.15) is 11.5 Å². The van der Waals surface area contributed by atoms with Crippen LogP contribution in [0.1, 0.15) is 6.42 Å². The lowest BCUT2D eigenvalue weighted by molar-refractivity contribution is -0.151. The van der Waals surface area contributed by atoms with Gasteiger partial charge in [0, 0.05) is 13.2 Å². The Morgan fingerprint density at radius 1 is 1.18 bits per heavy atom. The van der Waals surface area contributed by atoms with E-state index in [0.29, 0.717) is 38.7 Å². The van der Waals surface area contributed by atoms with Gasteiger partial charge in [-0.05, 0) is 30.7 Å².